The van der Waals surface area contributed by atoms with Crippen LogP contribution in [0, 0.1) is 6.92 Å². The number of para-hydroxylation sites is 1. The van der Waals surface area contributed by atoms with Gasteiger partial charge < -0.3 is 5.73 Å². The van der Waals surface area contributed by atoms with E-state index in [1.165, 1.54) is 23.1 Å². The van der Waals surface area contributed by atoms with Crippen molar-refractivity contribution in [1.82, 2.24) is 15.0 Å². The average Bonchev–Trinajstić information content (AvgIpc) is 3.10. The van der Waals surface area contributed by atoms with Crippen LogP contribution in [0.25, 0.3) is 22.2 Å². The molecule has 0 saturated heterocycles. The lowest BCUT2D eigenvalue weighted by atomic mass is 10.0. The maximum absolute atomic E-state index is 13.1. The average molecular weight is 436 g/mol. The van der Waals surface area contributed by atoms with Crippen LogP contribution in [0.5, 0.6) is 0 Å². The highest BCUT2D eigenvalue weighted by atomic mass is 32.2. The number of nitrogens with one attached hydrogen (secondary N) is 1. The van der Waals surface area contributed by atoms with Gasteiger partial charge in [-0.3, -0.25) is 19.9 Å². The van der Waals surface area contributed by atoms with Crippen molar-refractivity contribution in [1.29, 1.82) is 0 Å². The van der Waals surface area contributed by atoms with Gasteiger partial charge in [0.2, 0.25) is 5.91 Å². The highest BCUT2D eigenvalue weighted by Gasteiger charge is 2.17. The van der Waals surface area contributed by atoms with Crippen LogP contribution in [-0.2, 0) is 4.79 Å². The van der Waals surface area contributed by atoms with Gasteiger partial charge in [0.1, 0.15) is 0 Å². The van der Waals surface area contributed by atoms with Gasteiger partial charge in [-0.2, -0.15) is 0 Å². The minimum atomic E-state index is -0.399. The minimum absolute atomic E-state index is 0.167. The Kier molecular flexibility index (Phi) is 5.73. The van der Waals surface area contributed by atoms with E-state index in [1.54, 1.807) is 18.5 Å². The van der Waals surface area contributed by atoms with E-state index in [0.717, 1.165) is 26.4 Å². The molecule has 0 bridgehead atoms. The van der Waals surface area contributed by atoms with Gasteiger partial charge >= 0.3 is 0 Å². The first kappa shape index (κ1) is 20.0. The topological polar surface area (TPSA) is 111 Å². The van der Waals surface area contributed by atoms with Crippen LogP contribution in [0.2, 0.25) is 0 Å². The van der Waals surface area contributed by atoms with Gasteiger partial charge in [-0.25, -0.2) is 9.97 Å². The Hall–Kier alpha value is -3.30. The number of aromatic nitrogens is 3. The molecule has 2 amide bonds. The normalized spacial score (nSPS) is 10.8. The van der Waals surface area contributed by atoms with Crippen molar-refractivity contribution in [3.05, 3.63) is 66.1 Å². The number of primary amides is 1. The standard InChI is InChI=1S/C21H17N5O2S2/c1-12-20(29-11-18(22)27)30-21(24-12)26-19(28)15-9-17(13-5-4-8-23-10-13)25-16-7-3-2-6-14(15)16/h2-10H,11H2,1H3,(H2,22,27)(H,24,26,28). The second kappa shape index (κ2) is 8.60. The number of fused-ring (bicyclic) bond motifs is 1. The van der Waals surface area contributed by atoms with Crippen LogP contribution >= 0.6 is 23.1 Å². The number of amides is 2. The van der Waals surface area contributed by atoms with E-state index < -0.39 is 5.91 Å². The number of hydrogen-bond acceptors (Lipinski definition) is 7. The summed E-state index contributed by atoms with van der Waals surface area (Å²) >= 11 is 2.63. The summed E-state index contributed by atoms with van der Waals surface area (Å²) < 4.78 is 0.847. The fraction of sp³-hybridized carbons (Fsp3) is 0.0952. The highest BCUT2D eigenvalue weighted by Crippen LogP contribution is 2.32. The molecular weight excluding hydrogens is 418 g/mol. The van der Waals surface area contributed by atoms with E-state index in [1.807, 2.05) is 43.3 Å². The van der Waals surface area contributed by atoms with Crippen molar-refractivity contribution in [2.45, 2.75) is 11.1 Å². The predicted octanol–water partition coefficient (Wildman–Crippen LogP) is 3.89. The van der Waals surface area contributed by atoms with Gasteiger partial charge in [0, 0.05) is 23.3 Å². The van der Waals surface area contributed by atoms with Crippen molar-refractivity contribution in [3.8, 4) is 11.3 Å². The monoisotopic (exact) mass is 435 g/mol. The molecule has 0 saturated carbocycles. The molecule has 0 fully saturated rings. The lowest BCUT2D eigenvalue weighted by molar-refractivity contribution is -0.115. The Morgan fingerprint density at radius 1 is 1.17 bits per heavy atom. The first-order valence-electron chi connectivity index (χ1n) is 9.01. The third kappa shape index (κ3) is 4.32. The zero-order chi connectivity index (χ0) is 21.1. The van der Waals surface area contributed by atoms with Crippen molar-refractivity contribution >= 4 is 50.9 Å². The van der Waals surface area contributed by atoms with Gasteiger partial charge in [0.15, 0.2) is 5.13 Å². The third-order valence-corrected chi connectivity index (χ3v) is 6.70. The van der Waals surface area contributed by atoms with E-state index in [2.05, 4.69) is 20.3 Å². The second-order valence-electron chi connectivity index (χ2n) is 6.41. The summed E-state index contributed by atoms with van der Waals surface area (Å²) in [5, 5.41) is 4.09. The largest absolute Gasteiger partial charge is 0.369 e. The molecule has 0 atom stereocenters. The number of carbonyl (C=O) groups excluding carboxylic acids is 2. The van der Waals surface area contributed by atoms with Crippen LogP contribution in [0.1, 0.15) is 16.1 Å². The zero-order valence-electron chi connectivity index (χ0n) is 16.0. The molecule has 9 heteroatoms. The summed E-state index contributed by atoms with van der Waals surface area (Å²) in [6.07, 6.45) is 3.40. The Balaban J connectivity index is 1.68. The van der Waals surface area contributed by atoms with E-state index in [4.69, 9.17) is 5.73 Å². The summed E-state index contributed by atoms with van der Waals surface area (Å²) in [5.74, 6) is -0.511. The molecule has 0 aliphatic heterocycles. The number of thioether (sulfide) groups is 1. The van der Waals surface area contributed by atoms with E-state index in [-0.39, 0.29) is 11.7 Å². The molecule has 0 radical (unpaired) electrons. The first-order valence-corrected chi connectivity index (χ1v) is 10.8. The number of pyridine rings is 2. The molecule has 1 aromatic carbocycles. The van der Waals surface area contributed by atoms with Gasteiger partial charge in [0.25, 0.3) is 5.91 Å². The molecule has 30 heavy (non-hydrogen) atoms. The quantitative estimate of drug-likeness (QED) is 0.445. The number of carbonyl (C=O) groups is 2. The Morgan fingerprint density at radius 3 is 2.77 bits per heavy atom. The first-order chi connectivity index (χ1) is 14.5. The fourth-order valence-electron chi connectivity index (χ4n) is 2.90. The molecule has 0 aliphatic carbocycles. The Morgan fingerprint density at radius 2 is 2.00 bits per heavy atom. The number of nitrogens with two attached hydrogens (primary N) is 1. The Bertz CT molecular complexity index is 1240. The molecule has 3 aromatic heterocycles. The van der Waals surface area contributed by atoms with Crippen molar-refractivity contribution in [2.75, 3.05) is 11.1 Å². The lowest BCUT2D eigenvalue weighted by Crippen LogP contribution is -2.13. The van der Waals surface area contributed by atoms with Crippen molar-refractivity contribution in [3.63, 3.8) is 0 Å². The molecule has 4 aromatic rings. The van der Waals surface area contributed by atoms with Crippen LogP contribution in [-0.4, -0.2) is 32.5 Å². The molecule has 0 aliphatic rings. The van der Waals surface area contributed by atoms with Crippen LogP contribution in [0.15, 0.2) is 59.1 Å². The summed E-state index contributed by atoms with van der Waals surface area (Å²) in [6.45, 7) is 1.83. The molecule has 4 rings (SSSR count). The highest BCUT2D eigenvalue weighted by molar-refractivity contribution is 8.01. The van der Waals surface area contributed by atoms with Crippen molar-refractivity contribution < 1.29 is 9.59 Å². The van der Waals surface area contributed by atoms with Gasteiger partial charge in [-0.1, -0.05) is 29.5 Å². The maximum atomic E-state index is 13.1. The number of thiazole rings is 1. The molecule has 3 N–H and O–H groups in total. The Labute approximate surface area is 180 Å². The number of anilines is 1. The molecule has 150 valence electrons. The van der Waals surface area contributed by atoms with Crippen LogP contribution < -0.4 is 11.1 Å². The van der Waals surface area contributed by atoms with Gasteiger partial charge in [0.05, 0.1) is 32.4 Å². The second-order valence-corrected chi connectivity index (χ2v) is 8.66. The zero-order valence-corrected chi connectivity index (χ0v) is 17.6. The minimum Gasteiger partial charge on any atom is -0.369 e. The summed E-state index contributed by atoms with van der Waals surface area (Å²) in [7, 11) is 0. The summed E-state index contributed by atoms with van der Waals surface area (Å²) in [4.78, 5) is 37.4. The molecule has 0 unspecified atom stereocenters. The lowest BCUT2D eigenvalue weighted by Gasteiger charge is -2.09. The number of rotatable bonds is 6. The molecule has 7 nitrogen and oxygen atoms in total. The van der Waals surface area contributed by atoms with Crippen LogP contribution in [0.4, 0.5) is 5.13 Å². The summed E-state index contributed by atoms with van der Waals surface area (Å²) in [5.41, 5.74) is 8.67. The van der Waals surface area contributed by atoms with Crippen molar-refractivity contribution in [2.24, 2.45) is 5.73 Å². The number of hydrogen-bond donors (Lipinski definition) is 2. The fourth-order valence-corrected chi connectivity index (χ4v) is 4.77. The van der Waals surface area contributed by atoms with Gasteiger partial charge in [-0.05, 0) is 31.2 Å². The summed E-state index contributed by atoms with van der Waals surface area (Å²) in [6, 6.07) is 13.0. The predicted molar refractivity (Wildman–Crippen MR) is 120 cm³/mol. The van der Waals surface area contributed by atoms with E-state index in [0.29, 0.717) is 16.4 Å². The molecule has 0 spiro atoms. The maximum Gasteiger partial charge on any atom is 0.258 e. The third-order valence-electron chi connectivity index (χ3n) is 4.24. The van der Waals surface area contributed by atoms with E-state index in [9.17, 15) is 9.59 Å². The molecular formula is C21H17N5O2S2. The van der Waals surface area contributed by atoms with Crippen LogP contribution in [0.3, 0.4) is 0 Å². The SMILES string of the molecule is Cc1nc(NC(=O)c2cc(-c3cccnc3)nc3ccccc23)sc1SCC(N)=O. The number of benzene rings is 1. The number of aryl methyl sites for hydroxylation is 1. The smallest absolute Gasteiger partial charge is 0.258 e. The number of nitrogens with zero attached hydrogens (tertiary/aromatic N) is 3. The molecule has 3 heterocycles. The van der Waals surface area contributed by atoms with Gasteiger partial charge in [-0.15, -0.1) is 11.8 Å². The van der Waals surface area contributed by atoms with E-state index >= 15 is 0 Å².